The molecule has 1 N–H and O–H groups in total. The van der Waals surface area contributed by atoms with E-state index in [4.69, 9.17) is 26.4 Å². The molecule has 0 unspecified atom stereocenters. The smallest absolute Gasteiger partial charge is 0.257 e. The van der Waals surface area contributed by atoms with E-state index in [0.29, 0.717) is 55.0 Å². The van der Waals surface area contributed by atoms with Gasteiger partial charge in [0.2, 0.25) is 5.75 Å². The minimum atomic E-state index is -0.385. The van der Waals surface area contributed by atoms with Crippen molar-refractivity contribution < 1.29 is 19.0 Å². The zero-order valence-electron chi connectivity index (χ0n) is 19.6. The van der Waals surface area contributed by atoms with Crippen molar-refractivity contribution in [2.75, 3.05) is 24.7 Å². The van der Waals surface area contributed by atoms with Crippen LogP contribution < -0.4 is 24.4 Å². The van der Waals surface area contributed by atoms with Crippen LogP contribution in [0.2, 0.25) is 0 Å². The second kappa shape index (κ2) is 12.6. The average Bonchev–Trinajstić information content (AvgIpc) is 2.85. The lowest BCUT2D eigenvalue weighted by Gasteiger charge is -2.25. The second-order valence-corrected chi connectivity index (χ2v) is 7.51. The van der Waals surface area contributed by atoms with Gasteiger partial charge < -0.3 is 14.2 Å². The van der Waals surface area contributed by atoms with Gasteiger partial charge in [-0.1, -0.05) is 36.4 Å². The minimum Gasteiger partial charge on any atom is -0.490 e. The maximum Gasteiger partial charge on any atom is 0.257 e. The second-order valence-electron chi connectivity index (χ2n) is 7.12. The molecule has 0 aliphatic heterocycles. The molecule has 2 aromatic carbocycles. The van der Waals surface area contributed by atoms with E-state index in [1.165, 1.54) is 0 Å². The maximum absolute atomic E-state index is 13.2. The summed E-state index contributed by atoms with van der Waals surface area (Å²) in [7, 11) is 0. The van der Waals surface area contributed by atoms with Crippen molar-refractivity contribution in [3.63, 3.8) is 0 Å². The fourth-order valence-electron chi connectivity index (χ4n) is 3.29. The van der Waals surface area contributed by atoms with Crippen molar-refractivity contribution in [2.45, 2.75) is 27.3 Å². The average molecular weight is 480 g/mol. The number of pyridine rings is 1. The van der Waals surface area contributed by atoms with Crippen LogP contribution in [0.4, 0.5) is 5.82 Å². The van der Waals surface area contributed by atoms with Gasteiger partial charge in [-0.15, -0.1) is 0 Å². The Bertz CT molecular complexity index is 1070. The van der Waals surface area contributed by atoms with E-state index in [-0.39, 0.29) is 11.0 Å². The predicted octanol–water partition coefficient (Wildman–Crippen LogP) is 5.00. The number of hydrogen-bond donors (Lipinski definition) is 1. The van der Waals surface area contributed by atoms with Crippen molar-refractivity contribution in [1.82, 2.24) is 10.3 Å². The molecule has 0 aliphatic rings. The molecular weight excluding hydrogens is 450 g/mol. The van der Waals surface area contributed by atoms with Gasteiger partial charge in [0.05, 0.1) is 26.4 Å². The highest BCUT2D eigenvalue weighted by Gasteiger charge is 2.21. The molecule has 0 atom stereocenters. The summed E-state index contributed by atoms with van der Waals surface area (Å²) in [5, 5.41) is 3.07. The molecule has 178 valence electrons. The molecular formula is C26H29N3O4S. The highest BCUT2D eigenvalue weighted by molar-refractivity contribution is 7.80. The van der Waals surface area contributed by atoms with Crippen molar-refractivity contribution in [2.24, 2.45) is 0 Å². The number of nitrogens with one attached hydrogen (secondary N) is 1. The number of thiocarbonyl (C=S) groups is 1. The van der Waals surface area contributed by atoms with Crippen molar-refractivity contribution in [3.05, 3.63) is 78.0 Å². The molecule has 8 heteroatoms. The van der Waals surface area contributed by atoms with Gasteiger partial charge in [-0.25, -0.2) is 4.98 Å². The first-order valence-electron chi connectivity index (χ1n) is 11.2. The van der Waals surface area contributed by atoms with Gasteiger partial charge in [0.25, 0.3) is 5.91 Å². The van der Waals surface area contributed by atoms with Gasteiger partial charge in [0.15, 0.2) is 16.6 Å². The number of benzene rings is 2. The first-order valence-corrected chi connectivity index (χ1v) is 11.6. The fourth-order valence-corrected chi connectivity index (χ4v) is 3.54. The van der Waals surface area contributed by atoms with Crippen LogP contribution in [0.1, 0.15) is 36.7 Å². The van der Waals surface area contributed by atoms with E-state index in [0.717, 1.165) is 5.56 Å². The Balaban J connectivity index is 1.89. The molecule has 0 saturated carbocycles. The summed E-state index contributed by atoms with van der Waals surface area (Å²) >= 11 is 5.64. The van der Waals surface area contributed by atoms with Crippen molar-refractivity contribution in [1.29, 1.82) is 0 Å². The molecule has 1 heterocycles. The van der Waals surface area contributed by atoms with Gasteiger partial charge >= 0.3 is 0 Å². The molecule has 3 aromatic rings. The Morgan fingerprint density at radius 1 is 0.912 bits per heavy atom. The van der Waals surface area contributed by atoms with Gasteiger partial charge in [-0.05, 0) is 62.8 Å². The molecule has 7 nitrogen and oxygen atoms in total. The van der Waals surface area contributed by atoms with E-state index in [1.54, 1.807) is 23.2 Å². The summed E-state index contributed by atoms with van der Waals surface area (Å²) in [6.07, 6.45) is 1.69. The first kappa shape index (κ1) is 25.0. The van der Waals surface area contributed by atoms with Gasteiger partial charge in [-0.3, -0.25) is 15.0 Å². The topological polar surface area (TPSA) is 72.9 Å². The predicted molar refractivity (Wildman–Crippen MR) is 137 cm³/mol. The maximum atomic E-state index is 13.2. The Kier molecular flexibility index (Phi) is 9.22. The minimum absolute atomic E-state index is 0.234. The monoisotopic (exact) mass is 479 g/mol. The molecule has 0 radical (unpaired) electrons. The molecule has 0 fully saturated rings. The Labute approximate surface area is 205 Å². The zero-order valence-corrected chi connectivity index (χ0v) is 20.4. The SMILES string of the molecule is CCOc1cc(C(=O)NC(=S)N(Cc2ccccc2)c2ccccn2)cc(OCC)c1OCC. The summed E-state index contributed by atoms with van der Waals surface area (Å²) in [6, 6.07) is 18.7. The van der Waals surface area contributed by atoms with Crippen LogP contribution in [-0.2, 0) is 6.54 Å². The number of rotatable bonds is 10. The number of aromatic nitrogens is 1. The van der Waals surface area contributed by atoms with E-state index in [9.17, 15) is 4.79 Å². The van der Waals surface area contributed by atoms with Crippen LogP contribution in [0.25, 0.3) is 0 Å². The third-order valence-electron chi connectivity index (χ3n) is 4.75. The van der Waals surface area contributed by atoms with Crippen LogP contribution in [-0.4, -0.2) is 35.8 Å². The fraction of sp³-hybridized carbons (Fsp3) is 0.269. The Hall–Kier alpha value is -3.65. The molecule has 34 heavy (non-hydrogen) atoms. The third-order valence-corrected chi connectivity index (χ3v) is 5.07. The largest absolute Gasteiger partial charge is 0.490 e. The summed E-state index contributed by atoms with van der Waals surface area (Å²) in [5.74, 6) is 1.61. The van der Waals surface area contributed by atoms with Gasteiger partial charge in [0.1, 0.15) is 5.82 Å². The number of nitrogens with zero attached hydrogens (tertiary/aromatic N) is 2. The van der Waals surface area contributed by atoms with E-state index < -0.39 is 0 Å². The van der Waals surface area contributed by atoms with Crippen LogP contribution in [0, 0.1) is 0 Å². The van der Waals surface area contributed by atoms with Crippen LogP contribution in [0.3, 0.4) is 0 Å². The summed E-state index contributed by atoms with van der Waals surface area (Å²) in [4.78, 5) is 19.4. The number of anilines is 1. The Morgan fingerprint density at radius 3 is 2.09 bits per heavy atom. The quantitative estimate of drug-likeness (QED) is 0.410. The highest BCUT2D eigenvalue weighted by atomic mass is 32.1. The Morgan fingerprint density at radius 2 is 1.53 bits per heavy atom. The standard InChI is InChI=1S/C26H29N3O4S/c1-4-31-21-16-20(17-22(32-5-2)24(21)33-6-3)25(30)28-26(34)29(23-14-10-11-15-27-23)18-19-12-8-7-9-13-19/h7-17H,4-6,18H2,1-3H3,(H,28,30,34). The van der Waals surface area contributed by atoms with Crippen LogP contribution in [0.5, 0.6) is 17.2 Å². The third kappa shape index (κ3) is 6.45. The molecule has 0 bridgehead atoms. The molecule has 1 amide bonds. The molecule has 0 aliphatic carbocycles. The number of carbonyl (C=O) groups is 1. The summed E-state index contributed by atoms with van der Waals surface area (Å²) in [5.41, 5.74) is 1.38. The number of amides is 1. The number of carbonyl (C=O) groups excluding carboxylic acids is 1. The van der Waals surface area contributed by atoms with Gasteiger partial charge in [-0.2, -0.15) is 0 Å². The first-order chi connectivity index (χ1) is 16.6. The molecule has 3 rings (SSSR count). The summed E-state index contributed by atoms with van der Waals surface area (Å²) in [6.45, 7) is 7.34. The van der Waals surface area contributed by atoms with Crippen molar-refractivity contribution >= 4 is 29.1 Å². The number of hydrogen-bond acceptors (Lipinski definition) is 6. The lowest BCUT2D eigenvalue weighted by atomic mass is 10.1. The van der Waals surface area contributed by atoms with E-state index >= 15 is 0 Å². The van der Waals surface area contributed by atoms with Crippen molar-refractivity contribution in [3.8, 4) is 17.2 Å². The molecule has 0 spiro atoms. The van der Waals surface area contributed by atoms with Crippen LogP contribution in [0.15, 0.2) is 66.9 Å². The lowest BCUT2D eigenvalue weighted by Crippen LogP contribution is -2.42. The van der Waals surface area contributed by atoms with Crippen LogP contribution >= 0.6 is 12.2 Å². The lowest BCUT2D eigenvalue weighted by molar-refractivity contribution is 0.0976. The summed E-state index contributed by atoms with van der Waals surface area (Å²) < 4.78 is 17.2. The zero-order chi connectivity index (χ0) is 24.3. The number of ether oxygens (including phenoxy) is 3. The van der Waals surface area contributed by atoms with Gasteiger partial charge in [0, 0.05) is 11.8 Å². The molecule has 1 aromatic heterocycles. The normalized spacial score (nSPS) is 10.3. The highest BCUT2D eigenvalue weighted by Crippen LogP contribution is 2.39. The van der Waals surface area contributed by atoms with E-state index in [1.807, 2.05) is 69.3 Å². The van der Waals surface area contributed by atoms with E-state index in [2.05, 4.69) is 10.3 Å². The molecule has 0 saturated heterocycles.